The summed E-state index contributed by atoms with van der Waals surface area (Å²) in [6.45, 7) is 4.03. The Morgan fingerprint density at radius 2 is 2.12 bits per heavy atom. The van der Waals surface area contributed by atoms with Crippen LogP contribution in [0.15, 0.2) is 46.9 Å². The highest BCUT2D eigenvalue weighted by molar-refractivity contribution is 9.10. The largest absolute Gasteiger partial charge is 0.489 e. The third-order valence-electron chi connectivity index (χ3n) is 4.12. The summed E-state index contributed by atoms with van der Waals surface area (Å²) in [7, 11) is 0. The van der Waals surface area contributed by atoms with Gasteiger partial charge in [0.25, 0.3) is 0 Å². The highest BCUT2D eigenvalue weighted by Gasteiger charge is 2.22. The van der Waals surface area contributed by atoms with Crippen molar-refractivity contribution < 1.29 is 9.53 Å². The van der Waals surface area contributed by atoms with Crippen LogP contribution in [0.3, 0.4) is 0 Å². The third kappa shape index (κ3) is 4.36. The minimum absolute atomic E-state index is 0.0715. The molecule has 2 aromatic carbocycles. The van der Waals surface area contributed by atoms with Crippen molar-refractivity contribution in [2.24, 2.45) is 0 Å². The zero-order valence-electron chi connectivity index (χ0n) is 13.6. The minimum atomic E-state index is -0.0715. The fraction of sp³-hybridized carbons (Fsp3) is 0.316. The van der Waals surface area contributed by atoms with E-state index in [1.165, 1.54) is 0 Å². The normalized spacial score (nSPS) is 16.9. The van der Waals surface area contributed by atoms with Crippen molar-refractivity contribution in [3.8, 4) is 5.75 Å². The Morgan fingerprint density at radius 3 is 2.83 bits per heavy atom. The highest BCUT2D eigenvalue weighted by Crippen LogP contribution is 2.21. The summed E-state index contributed by atoms with van der Waals surface area (Å²) in [5, 5.41) is 6.14. The Hall–Kier alpha value is -1.85. The predicted octanol–water partition coefficient (Wildman–Crippen LogP) is 3.31. The first-order chi connectivity index (χ1) is 11.6. The Bertz CT molecular complexity index is 733. The lowest BCUT2D eigenvalue weighted by molar-refractivity contribution is -0.120. The lowest BCUT2D eigenvalue weighted by Gasteiger charge is -2.13. The summed E-state index contributed by atoms with van der Waals surface area (Å²) >= 11 is 3.47. The Labute approximate surface area is 150 Å². The number of aryl methyl sites for hydroxylation is 1. The van der Waals surface area contributed by atoms with E-state index in [1.807, 2.05) is 37.3 Å². The molecular formula is C19H21BrN2O2. The highest BCUT2D eigenvalue weighted by atomic mass is 79.9. The number of ether oxygens (including phenoxy) is 1. The van der Waals surface area contributed by atoms with Gasteiger partial charge in [0.2, 0.25) is 5.91 Å². The van der Waals surface area contributed by atoms with Crippen LogP contribution in [0, 0.1) is 6.92 Å². The van der Waals surface area contributed by atoms with E-state index in [1.54, 1.807) is 0 Å². The molecule has 2 aromatic rings. The van der Waals surface area contributed by atoms with Gasteiger partial charge in [0.1, 0.15) is 12.4 Å². The van der Waals surface area contributed by atoms with E-state index in [0.717, 1.165) is 39.9 Å². The van der Waals surface area contributed by atoms with Crippen molar-refractivity contribution in [2.45, 2.75) is 32.5 Å². The number of benzene rings is 2. The summed E-state index contributed by atoms with van der Waals surface area (Å²) < 4.78 is 6.98. The maximum Gasteiger partial charge on any atom is 0.237 e. The zero-order valence-corrected chi connectivity index (χ0v) is 15.2. The molecule has 0 saturated carbocycles. The number of amides is 1. The first kappa shape index (κ1) is 17.0. The minimum Gasteiger partial charge on any atom is -0.489 e. The van der Waals surface area contributed by atoms with E-state index in [0.29, 0.717) is 13.2 Å². The Morgan fingerprint density at radius 1 is 1.25 bits per heavy atom. The Kier molecular flexibility index (Phi) is 5.53. The lowest BCUT2D eigenvalue weighted by atomic mass is 10.1. The fourth-order valence-corrected chi connectivity index (χ4v) is 3.25. The second kappa shape index (κ2) is 7.81. The molecule has 126 valence electrons. The number of halogens is 1. The van der Waals surface area contributed by atoms with Crippen LogP contribution in [0.5, 0.6) is 5.75 Å². The average Bonchev–Trinajstić information content (AvgIpc) is 2.97. The molecule has 1 fully saturated rings. The molecule has 1 aliphatic rings. The van der Waals surface area contributed by atoms with Gasteiger partial charge in [-0.2, -0.15) is 0 Å². The van der Waals surface area contributed by atoms with E-state index in [9.17, 15) is 4.79 Å². The summed E-state index contributed by atoms with van der Waals surface area (Å²) in [5.41, 5.74) is 3.38. The molecule has 5 heteroatoms. The van der Waals surface area contributed by atoms with Crippen LogP contribution in [-0.4, -0.2) is 18.5 Å². The van der Waals surface area contributed by atoms with Crippen LogP contribution in [-0.2, 0) is 17.9 Å². The topological polar surface area (TPSA) is 50.4 Å². The predicted molar refractivity (Wildman–Crippen MR) is 97.9 cm³/mol. The smallest absolute Gasteiger partial charge is 0.237 e. The number of nitrogens with one attached hydrogen (secondary N) is 2. The van der Waals surface area contributed by atoms with Gasteiger partial charge in [-0.3, -0.25) is 4.79 Å². The number of rotatable bonds is 6. The molecule has 0 radical (unpaired) electrons. The average molecular weight is 389 g/mol. The van der Waals surface area contributed by atoms with Gasteiger partial charge in [0.15, 0.2) is 0 Å². The van der Waals surface area contributed by atoms with Crippen LogP contribution < -0.4 is 15.4 Å². The molecule has 0 aromatic heterocycles. The van der Waals surface area contributed by atoms with E-state index >= 15 is 0 Å². The van der Waals surface area contributed by atoms with Crippen LogP contribution in [0.4, 0.5) is 0 Å². The first-order valence-electron chi connectivity index (χ1n) is 8.10. The molecule has 1 unspecified atom stereocenters. The quantitative estimate of drug-likeness (QED) is 0.797. The molecule has 0 bridgehead atoms. The van der Waals surface area contributed by atoms with E-state index in [2.05, 4.69) is 38.7 Å². The SMILES string of the molecule is Cc1cc(CNC2CCNC2=O)ccc1OCc1cccc(Br)c1. The van der Waals surface area contributed by atoms with E-state index in [-0.39, 0.29) is 11.9 Å². The van der Waals surface area contributed by atoms with Crippen LogP contribution in [0.25, 0.3) is 0 Å². The Balaban J connectivity index is 1.57. The standard InChI is InChI=1S/C19H21BrN2O2/c1-13-9-14(11-22-17-7-8-21-19(17)23)5-6-18(13)24-12-15-3-2-4-16(20)10-15/h2-6,9-10,17,22H,7-8,11-12H2,1H3,(H,21,23). The summed E-state index contributed by atoms with van der Waals surface area (Å²) in [6.07, 6.45) is 0.853. The molecule has 0 aliphatic carbocycles. The maximum atomic E-state index is 11.6. The van der Waals surface area contributed by atoms with E-state index in [4.69, 9.17) is 4.74 Å². The van der Waals surface area contributed by atoms with Crippen molar-refractivity contribution in [1.29, 1.82) is 0 Å². The molecule has 1 atom stereocenters. The van der Waals surface area contributed by atoms with Crippen molar-refractivity contribution in [3.05, 3.63) is 63.6 Å². The van der Waals surface area contributed by atoms with Gasteiger partial charge in [0.05, 0.1) is 6.04 Å². The maximum absolute atomic E-state index is 11.6. The molecule has 1 amide bonds. The van der Waals surface area contributed by atoms with Gasteiger partial charge in [-0.25, -0.2) is 0 Å². The summed E-state index contributed by atoms with van der Waals surface area (Å²) in [5.74, 6) is 0.984. The monoisotopic (exact) mass is 388 g/mol. The molecule has 0 spiro atoms. The van der Waals surface area contributed by atoms with Crippen molar-refractivity contribution in [3.63, 3.8) is 0 Å². The van der Waals surface area contributed by atoms with Crippen LogP contribution in [0.2, 0.25) is 0 Å². The molecule has 3 rings (SSSR count). The molecular weight excluding hydrogens is 368 g/mol. The van der Waals surface area contributed by atoms with Gasteiger partial charge in [-0.1, -0.05) is 40.2 Å². The second-order valence-electron chi connectivity index (χ2n) is 6.03. The van der Waals surface area contributed by atoms with Crippen molar-refractivity contribution in [1.82, 2.24) is 10.6 Å². The van der Waals surface area contributed by atoms with Gasteiger partial charge in [-0.15, -0.1) is 0 Å². The number of carbonyl (C=O) groups is 1. The third-order valence-corrected chi connectivity index (χ3v) is 4.62. The molecule has 24 heavy (non-hydrogen) atoms. The molecule has 1 saturated heterocycles. The number of carbonyl (C=O) groups excluding carboxylic acids is 1. The van der Waals surface area contributed by atoms with Gasteiger partial charge >= 0.3 is 0 Å². The fourth-order valence-electron chi connectivity index (χ4n) is 2.80. The molecule has 1 heterocycles. The van der Waals surface area contributed by atoms with Crippen molar-refractivity contribution in [2.75, 3.05) is 6.54 Å². The van der Waals surface area contributed by atoms with Crippen molar-refractivity contribution >= 4 is 21.8 Å². The first-order valence-corrected chi connectivity index (χ1v) is 8.89. The van der Waals surface area contributed by atoms with Crippen LogP contribution in [0.1, 0.15) is 23.1 Å². The number of hydrogen-bond acceptors (Lipinski definition) is 3. The van der Waals surface area contributed by atoms with Gasteiger partial charge in [-0.05, 0) is 48.2 Å². The number of hydrogen-bond donors (Lipinski definition) is 2. The van der Waals surface area contributed by atoms with Gasteiger partial charge < -0.3 is 15.4 Å². The zero-order chi connectivity index (χ0) is 16.9. The summed E-state index contributed by atoms with van der Waals surface area (Å²) in [6, 6.07) is 14.2. The van der Waals surface area contributed by atoms with Crippen LogP contribution >= 0.6 is 15.9 Å². The second-order valence-corrected chi connectivity index (χ2v) is 6.95. The lowest BCUT2D eigenvalue weighted by Crippen LogP contribution is -2.35. The molecule has 4 nitrogen and oxygen atoms in total. The molecule has 2 N–H and O–H groups in total. The molecule has 1 aliphatic heterocycles. The summed E-state index contributed by atoms with van der Waals surface area (Å²) in [4.78, 5) is 11.6. The van der Waals surface area contributed by atoms with E-state index < -0.39 is 0 Å². The van der Waals surface area contributed by atoms with Gasteiger partial charge in [0, 0.05) is 17.6 Å².